The summed E-state index contributed by atoms with van der Waals surface area (Å²) in [6, 6.07) is 5.01. The first-order chi connectivity index (χ1) is 10.4. The zero-order chi connectivity index (χ0) is 16.2. The molecule has 2 rings (SSSR count). The van der Waals surface area contributed by atoms with E-state index in [9.17, 15) is 22.4 Å². The van der Waals surface area contributed by atoms with Crippen LogP contribution < -0.4 is 5.32 Å². The van der Waals surface area contributed by atoms with Gasteiger partial charge < -0.3 is 10.2 Å². The van der Waals surface area contributed by atoms with Crippen LogP contribution in [0.1, 0.15) is 18.4 Å². The number of carbonyl (C=O) groups is 1. The molecule has 0 saturated carbocycles. The number of hydrogen-bond donors (Lipinski definition) is 1. The van der Waals surface area contributed by atoms with Gasteiger partial charge in [0.1, 0.15) is 5.82 Å². The van der Waals surface area contributed by atoms with E-state index in [2.05, 4.69) is 10.2 Å². The summed E-state index contributed by atoms with van der Waals surface area (Å²) < 4.78 is 50.1. The van der Waals surface area contributed by atoms with Crippen molar-refractivity contribution in [2.75, 3.05) is 13.1 Å². The van der Waals surface area contributed by atoms with Crippen molar-refractivity contribution in [1.82, 2.24) is 10.4 Å². The largest absolute Gasteiger partial charge is 0.492 e. The lowest BCUT2D eigenvalue weighted by atomic mass is 10.1. The Balaban J connectivity index is 2.09. The van der Waals surface area contributed by atoms with Gasteiger partial charge in [-0.3, -0.25) is 0 Å². The van der Waals surface area contributed by atoms with E-state index in [1.165, 1.54) is 24.3 Å². The molecule has 1 aromatic carbocycles. The molecule has 8 heteroatoms. The summed E-state index contributed by atoms with van der Waals surface area (Å²) in [4.78, 5) is 15.6. The molecule has 4 nitrogen and oxygen atoms in total. The van der Waals surface area contributed by atoms with E-state index in [0.29, 0.717) is 31.5 Å². The number of rotatable bonds is 4. The first-order valence-corrected chi connectivity index (χ1v) is 6.87. The van der Waals surface area contributed by atoms with Gasteiger partial charge in [0, 0.05) is 6.04 Å². The second-order valence-electron chi connectivity index (χ2n) is 5.06. The number of carbonyl (C=O) groups excluding carboxylic acids is 1. The van der Waals surface area contributed by atoms with Gasteiger partial charge in [0.25, 0.3) is 0 Å². The quantitative estimate of drug-likeness (QED) is 0.683. The molecule has 0 amide bonds. The SMILES string of the molecule is O=C(ON(Cc1ccc(F)cc1)C1CCNCC1)C(F)(F)F. The summed E-state index contributed by atoms with van der Waals surface area (Å²) in [6.45, 7) is 1.25. The molecule has 0 spiro atoms. The van der Waals surface area contributed by atoms with E-state index in [-0.39, 0.29) is 12.6 Å². The Morgan fingerprint density at radius 2 is 1.82 bits per heavy atom. The van der Waals surface area contributed by atoms with Crippen LogP contribution in [0.2, 0.25) is 0 Å². The van der Waals surface area contributed by atoms with Crippen molar-refractivity contribution in [3.05, 3.63) is 35.6 Å². The Labute approximate surface area is 125 Å². The van der Waals surface area contributed by atoms with Crippen molar-refractivity contribution in [3.8, 4) is 0 Å². The van der Waals surface area contributed by atoms with E-state index in [0.717, 1.165) is 5.06 Å². The van der Waals surface area contributed by atoms with Crippen LogP contribution in [-0.2, 0) is 16.2 Å². The van der Waals surface area contributed by atoms with Gasteiger partial charge in [-0.15, -0.1) is 5.06 Å². The number of piperidine rings is 1. The fourth-order valence-corrected chi connectivity index (χ4v) is 2.26. The monoisotopic (exact) mass is 320 g/mol. The summed E-state index contributed by atoms with van der Waals surface area (Å²) in [7, 11) is 0. The standard InChI is InChI=1S/C14H16F4N2O2/c15-11-3-1-10(2-4-11)9-20(12-5-7-19-8-6-12)22-13(21)14(16,17)18/h1-4,12,19H,5-9H2. The van der Waals surface area contributed by atoms with Crippen molar-refractivity contribution in [1.29, 1.82) is 0 Å². The lowest BCUT2D eigenvalue weighted by Gasteiger charge is -2.33. The Hall–Kier alpha value is -1.67. The third-order valence-electron chi connectivity index (χ3n) is 3.40. The average molecular weight is 320 g/mol. The highest BCUT2D eigenvalue weighted by Crippen LogP contribution is 2.22. The molecule has 1 N–H and O–H groups in total. The molecule has 1 saturated heterocycles. The molecular weight excluding hydrogens is 304 g/mol. The van der Waals surface area contributed by atoms with Crippen LogP contribution in [0.4, 0.5) is 17.6 Å². The minimum Gasteiger partial charge on any atom is -0.360 e. The molecule has 0 radical (unpaired) electrons. The molecule has 122 valence electrons. The summed E-state index contributed by atoms with van der Waals surface area (Å²) in [5.74, 6) is -2.68. The third kappa shape index (κ3) is 4.67. The first kappa shape index (κ1) is 16.7. The number of hydroxylamine groups is 2. The number of alkyl halides is 3. The molecule has 1 fully saturated rings. The van der Waals surface area contributed by atoms with Crippen LogP contribution in [0.3, 0.4) is 0 Å². The highest BCUT2D eigenvalue weighted by atomic mass is 19.4. The minimum atomic E-state index is -5.05. The van der Waals surface area contributed by atoms with Crippen molar-refractivity contribution in [2.45, 2.75) is 31.6 Å². The Morgan fingerprint density at radius 1 is 1.23 bits per heavy atom. The fourth-order valence-electron chi connectivity index (χ4n) is 2.26. The maximum atomic E-state index is 12.9. The van der Waals surface area contributed by atoms with Gasteiger partial charge in [-0.1, -0.05) is 12.1 Å². The van der Waals surface area contributed by atoms with E-state index in [1.54, 1.807) is 0 Å². The maximum absolute atomic E-state index is 12.9. The highest BCUT2D eigenvalue weighted by Gasteiger charge is 2.43. The van der Waals surface area contributed by atoms with E-state index >= 15 is 0 Å². The Kier molecular flexibility index (Phi) is 5.36. The maximum Gasteiger partial charge on any atom is 0.492 e. The Bertz CT molecular complexity index is 499. The molecule has 0 aromatic heterocycles. The minimum absolute atomic E-state index is 0.0211. The van der Waals surface area contributed by atoms with Crippen LogP contribution in [0, 0.1) is 5.82 Å². The molecule has 0 unspecified atom stereocenters. The predicted octanol–water partition coefficient (Wildman–Crippen LogP) is 2.40. The molecule has 22 heavy (non-hydrogen) atoms. The number of halogens is 4. The van der Waals surface area contributed by atoms with Gasteiger partial charge in [-0.25, -0.2) is 9.18 Å². The van der Waals surface area contributed by atoms with Gasteiger partial charge in [0.15, 0.2) is 0 Å². The smallest absolute Gasteiger partial charge is 0.360 e. The molecule has 1 aliphatic rings. The van der Waals surface area contributed by atoms with Gasteiger partial charge in [0.2, 0.25) is 0 Å². The normalized spacial score (nSPS) is 16.8. The van der Waals surface area contributed by atoms with Crippen molar-refractivity contribution in [3.63, 3.8) is 0 Å². The van der Waals surface area contributed by atoms with Crippen LogP contribution in [0.15, 0.2) is 24.3 Å². The lowest BCUT2D eigenvalue weighted by molar-refractivity contribution is -0.250. The summed E-state index contributed by atoms with van der Waals surface area (Å²) in [5.41, 5.74) is 0.565. The van der Waals surface area contributed by atoms with Gasteiger partial charge >= 0.3 is 12.1 Å². The number of nitrogens with one attached hydrogen (secondary N) is 1. The fraction of sp³-hybridized carbons (Fsp3) is 0.500. The van der Waals surface area contributed by atoms with Crippen LogP contribution in [-0.4, -0.2) is 36.3 Å². The van der Waals surface area contributed by atoms with E-state index in [1.807, 2.05) is 0 Å². The zero-order valence-corrected chi connectivity index (χ0v) is 11.7. The molecule has 1 aliphatic heterocycles. The van der Waals surface area contributed by atoms with Crippen LogP contribution >= 0.6 is 0 Å². The van der Waals surface area contributed by atoms with Crippen LogP contribution in [0.25, 0.3) is 0 Å². The lowest BCUT2D eigenvalue weighted by Crippen LogP contribution is -2.45. The predicted molar refractivity (Wildman–Crippen MR) is 70.0 cm³/mol. The van der Waals surface area contributed by atoms with E-state index in [4.69, 9.17) is 0 Å². The first-order valence-electron chi connectivity index (χ1n) is 6.87. The second kappa shape index (κ2) is 7.06. The number of hydrogen-bond acceptors (Lipinski definition) is 4. The zero-order valence-electron chi connectivity index (χ0n) is 11.7. The van der Waals surface area contributed by atoms with Crippen molar-refractivity contribution >= 4 is 5.97 Å². The molecular formula is C14H16F4N2O2. The topological polar surface area (TPSA) is 41.6 Å². The van der Waals surface area contributed by atoms with Gasteiger partial charge in [-0.05, 0) is 43.6 Å². The Morgan fingerprint density at radius 3 is 2.36 bits per heavy atom. The van der Waals surface area contributed by atoms with Crippen LogP contribution in [0.5, 0.6) is 0 Å². The molecule has 0 bridgehead atoms. The van der Waals surface area contributed by atoms with Crippen molar-refractivity contribution < 1.29 is 27.2 Å². The van der Waals surface area contributed by atoms with E-state index < -0.39 is 18.0 Å². The molecule has 0 aliphatic carbocycles. The summed E-state index contributed by atoms with van der Waals surface area (Å²) in [5, 5.41) is 4.13. The highest BCUT2D eigenvalue weighted by molar-refractivity contribution is 5.75. The number of nitrogens with zero attached hydrogens (tertiary/aromatic N) is 1. The molecule has 1 aromatic rings. The third-order valence-corrected chi connectivity index (χ3v) is 3.40. The number of benzene rings is 1. The average Bonchev–Trinajstić information content (AvgIpc) is 2.48. The summed E-state index contributed by atoms with van der Waals surface area (Å²) >= 11 is 0. The molecule has 1 heterocycles. The molecule has 0 atom stereocenters. The van der Waals surface area contributed by atoms with Gasteiger partial charge in [0.05, 0.1) is 6.54 Å². The second-order valence-corrected chi connectivity index (χ2v) is 5.06. The van der Waals surface area contributed by atoms with Crippen molar-refractivity contribution in [2.24, 2.45) is 0 Å². The summed E-state index contributed by atoms with van der Waals surface area (Å²) in [6.07, 6.45) is -3.92. The van der Waals surface area contributed by atoms with Gasteiger partial charge in [-0.2, -0.15) is 13.2 Å².